The highest BCUT2D eigenvalue weighted by Crippen LogP contribution is 2.26. The third-order valence-corrected chi connectivity index (χ3v) is 3.93. The lowest BCUT2D eigenvalue weighted by molar-refractivity contribution is -0.114. The molecular formula is C20H20Cl2N2O3. The van der Waals surface area contributed by atoms with Crippen molar-refractivity contribution < 1.29 is 14.4 Å². The summed E-state index contributed by atoms with van der Waals surface area (Å²) in [6.45, 7) is 2.19. The van der Waals surface area contributed by atoms with Crippen LogP contribution >= 0.6 is 23.2 Å². The fourth-order valence-electron chi connectivity index (χ4n) is 2.48. The van der Waals surface area contributed by atoms with Gasteiger partial charge in [0.2, 0.25) is 0 Å². The molecule has 5 nitrogen and oxygen atoms in total. The Morgan fingerprint density at radius 3 is 2.63 bits per heavy atom. The summed E-state index contributed by atoms with van der Waals surface area (Å²) in [5.74, 6) is 0.275. The number of likely N-dealkylation sites (N-methyl/N-ethyl adjacent to an activating group) is 1. The molecule has 0 unspecified atom stereocenters. The Kier molecular flexibility index (Phi) is 7.70. The number of hydrogen-bond acceptors (Lipinski definition) is 4. The van der Waals surface area contributed by atoms with Crippen LogP contribution in [-0.2, 0) is 16.2 Å². The number of nitrogens with one attached hydrogen (secondary N) is 1. The Hall–Kier alpha value is -2.50. The van der Waals surface area contributed by atoms with Gasteiger partial charge in [-0.3, -0.25) is 4.79 Å². The van der Waals surface area contributed by atoms with E-state index in [-0.39, 0.29) is 22.7 Å². The summed E-state index contributed by atoms with van der Waals surface area (Å²) in [6.07, 6.45) is 1.62. The van der Waals surface area contributed by atoms with E-state index in [0.717, 1.165) is 16.7 Å². The predicted octanol–water partition coefficient (Wildman–Crippen LogP) is 4.45. The molecule has 0 aliphatic heterocycles. The molecule has 0 fully saturated rings. The minimum absolute atomic E-state index is 0.139. The highest BCUT2D eigenvalue weighted by molar-refractivity contribution is 6.57. The van der Waals surface area contributed by atoms with Crippen LogP contribution in [0.15, 0.2) is 52.1 Å². The SMILES string of the molecule is CNC(=O)C(=NOC)c1ccccc1COc1ccc(C)cc1C=C(Cl)Cl. The van der Waals surface area contributed by atoms with E-state index in [1.54, 1.807) is 12.1 Å². The van der Waals surface area contributed by atoms with Crippen molar-refractivity contribution in [3.8, 4) is 5.75 Å². The zero-order valence-corrected chi connectivity index (χ0v) is 16.8. The van der Waals surface area contributed by atoms with Crippen molar-refractivity contribution in [3.05, 3.63) is 69.2 Å². The van der Waals surface area contributed by atoms with Crippen molar-refractivity contribution in [2.24, 2.45) is 5.16 Å². The Labute approximate surface area is 168 Å². The van der Waals surface area contributed by atoms with Crippen molar-refractivity contribution >= 4 is 40.9 Å². The molecule has 2 aromatic carbocycles. The van der Waals surface area contributed by atoms with E-state index in [0.29, 0.717) is 11.3 Å². The molecule has 2 aromatic rings. The highest BCUT2D eigenvalue weighted by Gasteiger charge is 2.17. The average Bonchev–Trinajstić information content (AvgIpc) is 2.65. The van der Waals surface area contributed by atoms with Crippen LogP contribution in [0.3, 0.4) is 0 Å². The maximum Gasteiger partial charge on any atom is 0.273 e. The first-order chi connectivity index (χ1) is 13.0. The normalized spacial score (nSPS) is 10.9. The molecule has 0 atom stereocenters. The van der Waals surface area contributed by atoms with Gasteiger partial charge in [-0.2, -0.15) is 0 Å². The lowest BCUT2D eigenvalue weighted by Gasteiger charge is -2.14. The van der Waals surface area contributed by atoms with E-state index in [2.05, 4.69) is 10.5 Å². The first-order valence-electron chi connectivity index (χ1n) is 8.14. The van der Waals surface area contributed by atoms with Crippen LogP contribution in [0.5, 0.6) is 5.75 Å². The number of aryl methyl sites for hydroxylation is 1. The summed E-state index contributed by atoms with van der Waals surface area (Å²) >= 11 is 11.6. The molecular weight excluding hydrogens is 387 g/mol. The van der Waals surface area contributed by atoms with E-state index in [1.165, 1.54) is 14.2 Å². The van der Waals surface area contributed by atoms with Gasteiger partial charge in [0, 0.05) is 18.2 Å². The summed E-state index contributed by atoms with van der Waals surface area (Å²) in [6, 6.07) is 13.0. The smallest absolute Gasteiger partial charge is 0.273 e. The van der Waals surface area contributed by atoms with Gasteiger partial charge in [-0.1, -0.05) is 64.3 Å². The molecule has 27 heavy (non-hydrogen) atoms. The second-order valence-electron chi connectivity index (χ2n) is 5.62. The van der Waals surface area contributed by atoms with Crippen LogP contribution in [0, 0.1) is 6.92 Å². The molecule has 1 N–H and O–H groups in total. The molecule has 1 amide bonds. The van der Waals surface area contributed by atoms with Crippen LogP contribution in [0.4, 0.5) is 0 Å². The Morgan fingerprint density at radius 1 is 1.22 bits per heavy atom. The molecule has 0 saturated heterocycles. The summed E-state index contributed by atoms with van der Waals surface area (Å²) in [5.41, 5.74) is 3.40. The molecule has 0 heterocycles. The third kappa shape index (κ3) is 5.74. The number of nitrogens with zero attached hydrogens (tertiary/aromatic N) is 1. The molecule has 2 rings (SSSR count). The minimum atomic E-state index is -0.350. The number of carbonyl (C=O) groups excluding carboxylic acids is 1. The van der Waals surface area contributed by atoms with Gasteiger partial charge in [0.25, 0.3) is 5.91 Å². The third-order valence-electron chi connectivity index (χ3n) is 3.71. The second kappa shape index (κ2) is 10.00. The van der Waals surface area contributed by atoms with E-state index < -0.39 is 0 Å². The Morgan fingerprint density at radius 2 is 1.96 bits per heavy atom. The van der Waals surface area contributed by atoms with Crippen molar-refractivity contribution in [3.63, 3.8) is 0 Å². The quantitative estimate of drug-likeness (QED) is 0.545. The van der Waals surface area contributed by atoms with Gasteiger partial charge in [-0.25, -0.2) is 0 Å². The number of hydrogen-bond donors (Lipinski definition) is 1. The average molecular weight is 407 g/mol. The van der Waals surface area contributed by atoms with Crippen LogP contribution < -0.4 is 10.1 Å². The van der Waals surface area contributed by atoms with Gasteiger partial charge in [-0.05, 0) is 30.7 Å². The molecule has 0 saturated carbocycles. The molecule has 7 heteroatoms. The van der Waals surface area contributed by atoms with Crippen molar-refractivity contribution in [2.75, 3.05) is 14.2 Å². The molecule has 0 aromatic heterocycles. The predicted molar refractivity (Wildman–Crippen MR) is 109 cm³/mol. The fourth-order valence-corrected chi connectivity index (χ4v) is 2.72. The monoisotopic (exact) mass is 406 g/mol. The zero-order chi connectivity index (χ0) is 19.8. The van der Waals surface area contributed by atoms with Crippen molar-refractivity contribution in [1.82, 2.24) is 5.32 Å². The summed E-state index contributed by atoms with van der Waals surface area (Å²) in [4.78, 5) is 17.0. The zero-order valence-electron chi connectivity index (χ0n) is 15.3. The maximum atomic E-state index is 12.1. The highest BCUT2D eigenvalue weighted by atomic mass is 35.5. The topological polar surface area (TPSA) is 59.9 Å². The summed E-state index contributed by atoms with van der Waals surface area (Å²) in [5, 5.41) is 6.41. The Bertz CT molecular complexity index is 875. The van der Waals surface area contributed by atoms with E-state index in [4.69, 9.17) is 32.8 Å². The van der Waals surface area contributed by atoms with E-state index in [9.17, 15) is 4.79 Å². The summed E-state index contributed by atoms with van der Waals surface area (Å²) < 4.78 is 6.11. The number of ether oxygens (including phenoxy) is 1. The van der Waals surface area contributed by atoms with Crippen LogP contribution in [0.2, 0.25) is 0 Å². The van der Waals surface area contributed by atoms with Crippen LogP contribution in [0.25, 0.3) is 6.08 Å². The molecule has 142 valence electrons. The molecule has 0 bridgehead atoms. The van der Waals surface area contributed by atoms with Crippen molar-refractivity contribution in [1.29, 1.82) is 0 Å². The van der Waals surface area contributed by atoms with Gasteiger partial charge in [0.1, 0.15) is 24.0 Å². The minimum Gasteiger partial charge on any atom is -0.488 e. The van der Waals surface area contributed by atoms with Gasteiger partial charge in [0.15, 0.2) is 5.71 Å². The fraction of sp³-hybridized carbons (Fsp3) is 0.200. The number of amides is 1. The number of halogens is 2. The van der Waals surface area contributed by atoms with Gasteiger partial charge < -0.3 is 14.9 Å². The van der Waals surface area contributed by atoms with Gasteiger partial charge >= 0.3 is 0 Å². The maximum absolute atomic E-state index is 12.1. The standard InChI is InChI=1S/C20H20Cl2N2O3/c1-13-8-9-17(15(10-13)11-18(21)22)27-12-14-6-4-5-7-16(14)19(24-26-3)20(25)23-2/h4-11H,12H2,1-3H3,(H,23,25). The first kappa shape index (κ1) is 20.8. The number of benzene rings is 2. The number of carbonyl (C=O) groups is 1. The van der Waals surface area contributed by atoms with Crippen molar-refractivity contribution in [2.45, 2.75) is 13.5 Å². The first-order valence-corrected chi connectivity index (χ1v) is 8.89. The molecule has 0 radical (unpaired) electrons. The lowest BCUT2D eigenvalue weighted by atomic mass is 10.0. The largest absolute Gasteiger partial charge is 0.488 e. The molecule has 0 aliphatic rings. The lowest BCUT2D eigenvalue weighted by Crippen LogP contribution is -2.29. The molecule has 0 aliphatic carbocycles. The van der Waals surface area contributed by atoms with E-state index in [1.807, 2.05) is 43.3 Å². The van der Waals surface area contributed by atoms with Crippen LogP contribution in [0.1, 0.15) is 22.3 Å². The van der Waals surface area contributed by atoms with Gasteiger partial charge in [0.05, 0.1) is 0 Å². The number of oxime groups is 1. The number of rotatable bonds is 7. The van der Waals surface area contributed by atoms with Crippen LogP contribution in [-0.4, -0.2) is 25.8 Å². The Balaban J connectivity index is 2.34. The molecule has 0 spiro atoms. The van der Waals surface area contributed by atoms with E-state index >= 15 is 0 Å². The summed E-state index contributed by atoms with van der Waals surface area (Å²) in [7, 11) is 2.93. The second-order valence-corrected chi connectivity index (χ2v) is 6.63. The van der Waals surface area contributed by atoms with Gasteiger partial charge in [-0.15, -0.1) is 0 Å².